The Bertz CT molecular complexity index is 951. The summed E-state index contributed by atoms with van der Waals surface area (Å²) in [6.07, 6.45) is 3.57. The van der Waals surface area contributed by atoms with Gasteiger partial charge in [-0.05, 0) is 54.7 Å². The molecule has 134 valence electrons. The molecule has 1 saturated carbocycles. The van der Waals surface area contributed by atoms with Crippen molar-refractivity contribution in [2.45, 2.75) is 38.5 Å². The average molecular weight is 366 g/mol. The highest BCUT2D eigenvalue weighted by atomic mass is 32.1. The van der Waals surface area contributed by atoms with Crippen LogP contribution in [0.25, 0.3) is 0 Å². The number of hydrogen-bond acceptors (Lipinski definition) is 4. The molecule has 4 rings (SSSR count). The summed E-state index contributed by atoms with van der Waals surface area (Å²) in [5.41, 5.74) is 2.31. The molecule has 3 nitrogen and oxygen atoms in total. The summed E-state index contributed by atoms with van der Waals surface area (Å²) in [5, 5.41) is 12.7. The summed E-state index contributed by atoms with van der Waals surface area (Å²) in [6, 6.07) is 13.7. The second-order valence-corrected chi connectivity index (χ2v) is 8.21. The van der Waals surface area contributed by atoms with Gasteiger partial charge in [-0.1, -0.05) is 30.3 Å². The van der Waals surface area contributed by atoms with Crippen molar-refractivity contribution in [3.05, 3.63) is 85.6 Å². The number of rotatable bonds is 6. The van der Waals surface area contributed by atoms with Gasteiger partial charge in [0.2, 0.25) is 0 Å². The Morgan fingerprint density at radius 2 is 1.96 bits per heavy atom. The van der Waals surface area contributed by atoms with Crippen LogP contribution in [0, 0.1) is 12.8 Å². The molecule has 1 unspecified atom stereocenters. The van der Waals surface area contributed by atoms with Gasteiger partial charge in [-0.25, -0.2) is 4.79 Å². The van der Waals surface area contributed by atoms with Crippen molar-refractivity contribution in [3.63, 3.8) is 0 Å². The molecule has 3 aromatic rings. The maximum atomic E-state index is 12.7. The van der Waals surface area contributed by atoms with Crippen LogP contribution in [0.1, 0.15) is 46.1 Å². The molecule has 1 aromatic carbocycles. The van der Waals surface area contributed by atoms with E-state index >= 15 is 0 Å². The highest BCUT2D eigenvalue weighted by molar-refractivity contribution is 7.10. The first kappa shape index (κ1) is 17.1. The molecule has 0 amide bonds. The zero-order valence-corrected chi connectivity index (χ0v) is 15.6. The molecule has 1 fully saturated rings. The van der Waals surface area contributed by atoms with E-state index in [0.717, 1.165) is 24.8 Å². The predicted octanol–water partition coefficient (Wildman–Crippen LogP) is 5.04. The van der Waals surface area contributed by atoms with E-state index < -0.39 is 5.63 Å². The third-order valence-corrected chi connectivity index (χ3v) is 5.94. The molecule has 26 heavy (non-hydrogen) atoms. The first-order valence-electron chi connectivity index (χ1n) is 9.06. The van der Waals surface area contributed by atoms with Gasteiger partial charge in [-0.15, -0.1) is 11.3 Å². The minimum absolute atomic E-state index is 0.0681. The topological polar surface area (TPSA) is 50.4 Å². The smallest absolute Gasteiger partial charge is 0.343 e. The van der Waals surface area contributed by atoms with Crippen LogP contribution in [0.15, 0.2) is 57.1 Å². The van der Waals surface area contributed by atoms with E-state index in [1.807, 2.05) is 30.3 Å². The third kappa shape index (κ3) is 3.61. The number of aryl methyl sites for hydroxylation is 3. The van der Waals surface area contributed by atoms with Gasteiger partial charge in [0.15, 0.2) is 0 Å². The lowest BCUT2D eigenvalue weighted by atomic mass is 9.87. The van der Waals surface area contributed by atoms with Crippen molar-refractivity contribution in [2.75, 3.05) is 0 Å². The highest BCUT2D eigenvalue weighted by Gasteiger charge is 2.37. The van der Waals surface area contributed by atoms with Gasteiger partial charge in [-0.3, -0.25) is 0 Å². The molecule has 1 aliphatic carbocycles. The number of thiophene rings is 1. The summed E-state index contributed by atoms with van der Waals surface area (Å²) in [4.78, 5) is 14.0. The maximum absolute atomic E-state index is 12.7. The van der Waals surface area contributed by atoms with Crippen molar-refractivity contribution in [2.24, 2.45) is 5.92 Å². The van der Waals surface area contributed by atoms with Gasteiger partial charge in [0.1, 0.15) is 11.5 Å². The Morgan fingerprint density at radius 1 is 1.19 bits per heavy atom. The van der Waals surface area contributed by atoms with Gasteiger partial charge < -0.3 is 9.52 Å². The zero-order chi connectivity index (χ0) is 18.1. The Labute approximate surface area is 156 Å². The van der Waals surface area contributed by atoms with Gasteiger partial charge in [0.25, 0.3) is 0 Å². The summed E-state index contributed by atoms with van der Waals surface area (Å²) in [5.74, 6) is 0.938. The molecule has 2 heterocycles. The predicted molar refractivity (Wildman–Crippen MR) is 104 cm³/mol. The lowest BCUT2D eigenvalue weighted by molar-refractivity contribution is 0.404. The van der Waals surface area contributed by atoms with Crippen LogP contribution in [0.2, 0.25) is 0 Å². The summed E-state index contributed by atoms with van der Waals surface area (Å²) in [7, 11) is 0. The molecule has 0 aliphatic heterocycles. The van der Waals surface area contributed by atoms with Crippen molar-refractivity contribution < 1.29 is 9.52 Å². The van der Waals surface area contributed by atoms with Crippen LogP contribution in [-0.4, -0.2) is 5.11 Å². The average Bonchev–Trinajstić information content (AvgIpc) is 3.38. The Kier molecular flexibility index (Phi) is 4.68. The summed E-state index contributed by atoms with van der Waals surface area (Å²) in [6.45, 7) is 2.08. The lowest BCUT2D eigenvalue weighted by Crippen LogP contribution is -2.16. The third-order valence-electron chi connectivity index (χ3n) is 5.03. The van der Waals surface area contributed by atoms with Crippen molar-refractivity contribution in [1.29, 1.82) is 0 Å². The molecule has 0 saturated heterocycles. The largest absolute Gasteiger partial charge is 0.507 e. The maximum Gasteiger partial charge on any atom is 0.343 e. The monoisotopic (exact) mass is 366 g/mol. The number of hydrogen-bond donors (Lipinski definition) is 1. The van der Waals surface area contributed by atoms with E-state index in [-0.39, 0.29) is 11.7 Å². The second kappa shape index (κ2) is 7.12. The molecule has 1 aliphatic rings. The lowest BCUT2D eigenvalue weighted by Gasteiger charge is -2.17. The van der Waals surface area contributed by atoms with Crippen LogP contribution in [0.3, 0.4) is 0 Å². The SMILES string of the molecule is Cc1cc(CCc2cc(O)c(C(c3ccccc3)C3CC3)c(=O)o2)cs1. The molecular formula is C22H22O3S. The van der Waals surface area contributed by atoms with Crippen LogP contribution >= 0.6 is 11.3 Å². The van der Waals surface area contributed by atoms with E-state index in [9.17, 15) is 9.90 Å². The van der Waals surface area contributed by atoms with Gasteiger partial charge >= 0.3 is 5.63 Å². The second-order valence-electron chi connectivity index (χ2n) is 7.09. The van der Waals surface area contributed by atoms with Crippen LogP contribution < -0.4 is 5.63 Å². The van der Waals surface area contributed by atoms with Crippen molar-refractivity contribution in [3.8, 4) is 5.75 Å². The molecule has 0 spiro atoms. The fraction of sp³-hybridized carbons (Fsp3) is 0.318. The van der Waals surface area contributed by atoms with Crippen LogP contribution in [0.4, 0.5) is 0 Å². The fourth-order valence-corrected chi connectivity index (χ4v) is 4.35. The highest BCUT2D eigenvalue weighted by Crippen LogP contribution is 2.47. The van der Waals surface area contributed by atoms with Crippen LogP contribution in [0.5, 0.6) is 5.75 Å². The van der Waals surface area contributed by atoms with E-state index in [2.05, 4.69) is 18.4 Å². The molecule has 0 radical (unpaired) electrons. The van der Waals surface area contributed by atoms with Gasteiger partial charge in [0.05, 0.1) is 5.56 Å². The Hall–Kier alpha value is -2.33. The normalized spacial score (nSPS) is 15.1. The first-order chi connectivity index (χ1) is 12.6. The van der Waals surface area contributed by atoms with Crippen LogP contribution in [-0.2, 0) is 12.8 Å². The van der Waals surface area contributed by atoms with Gasteiger partial charge in [0, 0.05) is 23.3 Å². The zero-order valence-electron chi connectivity index (χ0n) is 14.8. The Balaban J connectivity index is 1.62. The molecule has 4 heteroatoms. The fourth-order valence-electron chi connectivity index (χ4n) is 3.61. The number of benzene rings is 1. The minimum atomic E-state index is -0.401. The van der Waals surface area contributed by atoms with Gasteiger partial charge in [-0.2, -0.15) is 0 Å². The molecular weight excluding hydrogens is 344 g/mol. The minimum Gasteiger partial charge on any atom is -0.507 e. The molecule has 0 bridgehead atoms. The van der Waals surface area contributed by atoms with Crippen molar-refractivity contribution >= 4 is 11.3 Å². The standard InChI is InChI=1S/C22H22O3S/c1-14-11-15(13-26-14)7-10-18-12-19(23)21(22(24)25-18)20(17-8-9-17)16-5-3-2-4-6-16/h2-6,11-13,17,20,23H,7-10H2,1H3. The van der Waals surface area contributed by atoms with Crippen molar-refractivity contribution in [1.82, 2.24) is 0 Å². The quantitative estimate of drug-likeness (QED) is 0.665. The van der Waals surface area contributed by atoms with E-state index in [0.29, 0.717) is 23.7 Å². The molecule has 1 N–H and O–H groups in total. The van der Waals surface area contributed by atoms with E-state index in [1.165, 1.54) is 10.4 Å². The first-order valence-corrected chi connectivity index (χ1v) is 9.94. The molecule has 2 aromatic heterocycles. The number of aromatic hydroxyl groups is 1. The van der Waals surface area contributed by atoms with E-state index in [4.69, 9.17) is 4.42 Å². The summed E-state index contributed by atoms with van der Waals surface area (Å²) < 4.78 is 5.59. The Morgan fingerprint density at radius 3 is 2.58 bits per heavy atom. The molecule has 1 atom stereocenters. The summed E-state index contributed by atoms with van der Waals surface area (Å²) >= 11 is 1.72. The van der Waals surface area contributed by atoms with E-state index in [1.54, 1.807) is 17.4 Å².